The van der Waals surface area contributed by atoms with E-state index in [4.69, 9.17) is 4.84 Å². The molecule has 138 valence electrons. The van der Waals surface area contributed by atoms with Crippen LogP contribution < -0.4 is 0 Å². The lowest BCUT2D eigenvalue weighted by Gasteiger charge is -2.27. The fraction of sp³-hybridized carbons (Fsp3) is 0.696. The van der Waals surface area contributed by atoms with Crippen LogP contribution in [0.1, 0.15) is 96.6 Å². The SMILES string of the molecule is CCC1CCCCCC2(CC1)CC(c1ccc(C(C)(C)C)cc1)=NO2. The van der Waals surface area contributed by atoms with Crippen molar-refractivity contribution in [2.24, 2.45) is 11.1 Å². The summed E-state index contributed by atoms with van der Waals surface area (Å²) in [6.45, 7) is 9.11. The molecule has 3 rings (SSSR count). The van der Waals surface area contributed by atoms with Crippen molar-refractivity contribution in [2.75, 3.05) is 0 Å². The van der Waals surface area contributed by atoms with Crippen LogP contribution in [-0.2, 0) is 10.3 Å². The maximum Gasteiger partial charge on any atom is 0.143 e. The molecule has 0 N–H and O–H groups in total. The highest BCUT2D eigenvalue weighted by Crippen LogP contribution is 2.39. The summed E-state index contributed by atoms with van der Waals surface area (Å²) in [5.74, 6) is 0.869. The molecule has 0 saturated heterocycles. The van der Waals surface area contributed by atoms with Gasteiger partial charge in [-0.25, -0.2) is 0 Å². The van der Waals surface area contributed by atoms with Crippen LogP contribution in [0, 0.1) is 5.92 Å². The van der Waals surface area contributed by atoms with Gasteiger partial charge in [0, 0.05) is 6.42 Å². The zero-order valence-corrected chi connectivity index (χ0v) is 16.6. The quantitative estimate of drug-likeness (QED) is 0.592. The molecule has 25 heavy (non-hydrogen) atoms. The van der Waals surface area contributed by atoms with Crippen LogP contribution >= 0.6 is 0 Å². The lowest BCUT2D eigenvalue weighted by molar-refractivity contribution is -0.0358. The molecule has 1 heterocycles. The Hall–Kier alpha value is -1.31. The Labute approximate surface area is 154 Å². The number of hydrogen-bond donors (Lipinski definition) is 0. The smallest absolute Gasteiger partial charge is 0.143 e. The third-order valence-electron chi connectivity index (χ3n) is 6.25. The van der Waals surface area contributed by atoms with E-state index in [2.05, 4.69) is 57.1 Å². The standard InChI is InChI=1S/C23H35NO/c1-5-18-9-7-6-8-15-23(16-14-18)17-21(24-25-23)19-10-12-20(13-11-19)22(2,3)4/h10-13,18H,5-9,14-17H2,1-4H3. The predicted molar refractivity (Wildman–Crippen MR) is 106 cm³/mol. The predicted octanol–water partition coefficient (Wildman–Crippen LogP) is 6.62. The van der Waals surface area contributed by atoms with E-state index in [9.17, 15) is 0 Å². The van der Waals surface area contributed by atoms with Crippen molar-refractivity contribution in [3.05, 3.63) is 35.4 Å². The number of benzene rings is 1. The topological polar surface area (TPSA) is 21.6 Å². The third kappa shape index (κ3) is 4.46. The minimum absolute atomic E-state index is 0.0320. The Morgan fingerprint density at radius 2 is 1.80 bits per heavy atom. The van der Waals surface area contributed by atoms with Crippen molar-refractivity contribution in [3.63, 3.8) is 0 Å². The highest BCUT2D eigenvalue weighted by Gasteiger charge is 2.39. The van der Waals surface area contributed by atoms with Gasteiger partial charge in [0.1, 0.15) is 5.60 Å². The Kier molecular flexibility index (Phi) is 5.55. The monoisotopic (exact) mass is 341 g/mol. The molecule has 1 spiro atoms. The molecule has 1 saturated carbocycles. The van der Waals surface area contributed by atoms with Crippen molar-refractivity contribution < 1.29 is 4.84 Å². The zero-order chi connectivity index (χ0) is 17.9. The molecule has 1 aromatic rings. The van der Waals surface area contributed by atoms with Crippen molar-refractivity contribution in [2.45, 2.75) is 96.5 Å². The van der Waals surface area contributed by atoms with Gasteiger partial charge in [0.25, 0.3) is 0 Å². The molecule has 2 atom stereocenters. The second-order valence-electron chi connectivity index (χ2n) is 9.23. The van der Waals surface area contributed by atoms with Crippen LogP contribution in [0.4, 0.5) is 0 Å². The molecular weight excluding hydrogens is 306 g/mol. The summed E-state index contributed by atoms with van der Waals surface area (Å²) in [5.41, 5.74) is 3.92. The van der Waals surface area contributed by atoms with E-state index >= 15 is 0 Å². The summed E-state index contributed by atoms with van der Waals surface area (Å²) in [7, 11) is 0. The van der Waals surface area contributed by atoms with Crippen molar-refractivity contribution in [1.82, 2.24) is 0 Å². The van der Waals surface area contributed by atoms with Crippen LogP contribution in [0.15, 0.2) is 29.4 Å². The van der Waals surface area contributed by atoms with E-state index in [-0.39, 0.29) is 11.0 Å². The van der Waals surface area contributed by atoms with Crippen LogP contribution in [0.25, 0.3) is 0 Å². The minimum atomic E-state index is -0.0320. The Morgan fingerprint density at radius 1 is 1.04 bits per heavy atom. The second-order valence-corrected chi connectivity index (χ2v) is 9.23. The maximum absolute atomic E-state index is 6.12. The molecule has 1 fully saturated rings. The van der Waals surface area contributed by atoms with Crippen LogP contribution in [0.2, 0.25) is 0 Å². The summed E-state index contributed by atoms with van der Waals surface area (Å²) in [6.07, 6.45) is 11.3. The van der Waals surface area contributed by atoms with Gasteiger partial charge < -0.3 is 4.84 Å². The Balaban J connectivity index is 1.70. The molecule has 1 aliphatic carbocycles. The lowest BCUT2D eigenvalue weighted by Crippen LogP contribution is -2.29. The summed E-state index contributed by atoms with van der Waals surface area (Å²) < 4.78 is 0. The van der Waals surface area contributed by atoms with Gasteiger partial charge in [-0.1, -0.05) is 82.8 Å². The number of hydrogen-bond acceptors (Lipinski definition) is 2. The normalized spacial score (nSPS) is 28.0. The lowest BCUT2D eigenvalue weighted by atomic mass is 9.83. The zero-order valence-electron chi connectivity index (χ0n) is 16.6. The summed E-state index contributed by atoms with van der Waals surface area (Å²) >= 11 is 0. The van der Waals surface area contributed by atoms with Crippen LogP contribution in [-0.4, -0.2) is 11.3 Å². The first-order valence-electron chi connectivity index (χ1n) is 10.3. The maximum atomic E-state index is 6.12. The van der Waals surface area contributed by atoms with Crippen molar-refractivity contribution >= 4 is 5.71 Å². The number of nitrogens with zero attached hydrogens (tertiary/aromatic N) is 1. The van der Waals surface area contributed by atoms with Gasteiger partial charge in [0.15, 0.2) is 0 Å². The van der Waals surface area contributed by atoms with Gasteiger partial charge in [0.2, 0.25) is 0 Å². The molecule has 0 amide bonds. The fourth-order valence-electron chi connectivity index (χ4n) is 4.31. The van der Waals surface area contributed by atoms with Gasteiger partial charge in [0.05, 0.1) is 5.71 Å². The highest BCUT2D eigenvalue weighted by atomic mass is 16.7. The minimum Gasteiger partial charge on any atom is -0.389 e. The van der Waals surface area contributed by atoms with Gasteiger partial charge in [-0.15, -0.1) is 0 Å². The van der Waals surface area contributed by atoms with E-state index < -0.39 is 0 Å². The molecule has 2 nitrogen and oxygen atoms in total. The summed E-state index contributed by atoms with van der Waals surface area (Å²) in [5, 5.41) is 4.55. The molecule has 2 aliphatic rings. The van der Waals surface area contributed by atoms with E-state index in [1.807, 2.05) is 0 Å². The van der Waals surface area contributed by atoms with E-state index in [1.54, 1.807) is 0 Å². The Morgan fingerprint density at radius 3 is 2.48 bits per heavy atom. The van der Waals surface area contributed by atoms with Crippen LogP contribution in [0.3, 0.4) is 0 Å². The Bertz CT molecular complexity index is 596. The average molecular weight is 342 g/mol. The van der Waals surface area contributed by atoms with Gasteiger partial charge in [-0.05, 0) is 48.1 Å². The van der Waals surface area contributed by atoms with Gasteiger partial charge in [-0.2, -0.15) is 0 Å². The third-order valence-corrected chi connectivity index (χ3v) is 6.25. The molecule has 1 aromatic carbocycles. The molecule has 2 heteroatoms. The molecule has 0 aromatic heterocycles. The van der Waals surface area contributed by atoms with Crippen molar-refractivity contribution in [1.29, 1.82) is 0 Å². The van der Waals surface area contributed by atoms with E-state index in [0.717, 1.165) is 24.5 Å². The van der Waals surface area contributed by atoms with Gasteiger partial charge in [-0.3, -0.25) is 0 Å². The first-order valence-corrected chi connectivity index (χ1v) is 10.3. The van der Waals surface area contributed by atoms with Crippen molar-refractivity contribution in [3.8, 4) is 0 Å². The average Bonchev–Trinajstić information content (AvgIpc) is 3.04. The largest absolute Gasteiger partial charge is 0.389 e. The fourth-order valence-corrected chi connectivity index (χ4v) is 4.31. The van der Waals surface area contributed by atoms with Gasteiger partial charge >= 0.3 is 0 Å². The molecular formula is C23H35NO. The first-order chi connectivity index (χ1) is 11.9. The molecule has 0 radical (unpaired) electrons. The van der Waals surface area contributed by atoms with Crippen LogP contribution in [0.5, 0.6) is 0 Å². The first kappa shape index (κ1) is 18.5. The molecule has 0 bridgehead atoms. The number of rotatable bonds is 2. The second kappa shape index (κ2) is 7.51. The summed E-state index contributed by atoms with van der Waals surface area (Å²) in [4.78, 5) is 6.12. The molecule has 1 aliphatic heterocycles. The highest BCUT2D eigenvalue weighted by molar-refractivity contribution is 6.01. The summed E-state index contributed by atoms with van der Waals surface area (Å²) in [6, 6.07) is 8.95. The number of oxime groups is 1. The van der Waals surface area contributed by atoms with E-state index in [0.29, 0.717) is 0 Å². The van der Waals surface area contributed by atoms with E-state index in [1.165, 1.54) is 56.1 Å². The molecule has 2 unspecified atom stereocenters.